The smallest absolute Gasteiger partial charge is 0.311 e. The number of amides is 1. The lowest BCUT2D eigenvalue weighted by Crippen LogP contribution is -2.34. The summed E-state index contributed by atoms with van der Waals surface area (Å²) >= 11 is 0. The van der Waals surface area contributed by atoms with Gasteiger partial charge in [0, 0.05) is 24.9 Å². The summed E-state index contributed by atoms with van der Waals surface area (Å²) in [5, 5.41) is 9.16. The Balaban J connectivity index is 2.17. The second-order valence-corrected chi connectivity index (χ2v) is 7.65. The maximum Gasteiger partial charge on any atom is 0.311 e. The number of carboxylic acids is 1. The molecule has 0 spiro atoms. The predicted molar refractivity (Wildman–Crippen MR) is 75.8 cm³/mol. The summed E-state index contributed by atoms with van der Waals surface area (Å²) in [5.74, 6) is -1.19. The van der Waals surface area contributed by atoms with Crippen LogP contribution in [0.25, 0.3) is 0 Å². The van der Waals surface area contributed by atoms with Crippen LogP contribution >= 0.6 is 0 Å². The molecule has 21 heavy (non-hydrogen) atoms. The molecule has 0 unspecified atom stereocenters. The van der Waals surface area contributed by atoms with E-state index >= 15 is 0 Å². The van der Waals surface area contributed by atoms with Gasteiger partial charge >= 0.3 is 5.97 Å². The van der Waals surface area contributed by atoms with E-state index in [2.05, 4.69) is 0 Å². The van der Waals surface area contributed by atoms with Gasteiger partial charge in [0.1, 0.15) is 0 Å². The van der Waals surface area contributed by atoms with Gasteiger partial charge < -0.3 is 10.0 Å². The van der Waals surface area contributed by atoms with Crippen molar-refractivity contribution in [1.29, 1.82) is 0 Å². The molecule has 0 aromatic heterocycles. The van der Waals surface area contributed by atoms with E-state index in [-0.39, 0.29) is 17.3 Å². The molecule has 1 saturated heterocycles. The number of aliphatic carboxylic acids is 1. The van der Waals surface area contributed by atoms with Crippen LogP contribution in [-0.2, 0) is 14.6 Å². The molecule has 1 aliphatic rings. The van der Waals surface area contributed by atoms with Gasteiger partial charge in [-0.25, -0.2) is 8.42 Å². The van der Waals surface area contributed by atoms with E-state index in [0.29, 0.717) is 18.5 Å². The van der Waals surface area contributed by atoms with Crippen LogP contribution in [0.1, 0.15) is 23.7 Å². The number of carboxylic acid groups (broad SMARTS) is 1. The van der Waals surface area contributed by atoms with Gasteiger partial charge in [-0.2, -0.15) is 0 Å². The van der Waals surface area contributed by atoms with E-state index in [1.165, 1.54) is 29.2 Å². The number of hydrogen-bond donors (Lipinski definition) is 1. The second kappa shape index (κ2) is 5.14. The molecule has 0 saturated carbocycles. The van der Waals surface area contributed by atoms with Crippen LogP contribution < -0.4 is 0 Å². The van der Waals surface area contributed by atoms with Crippen molar-refractivity contribution in [3.8, 4) is 0 Å². The molecule has 1 aromatic carbocycles. The highest BCUT2D eigenvalue weighted by Gasteiger charge is 2.42. The summed E-state index contributed by atoms with van der Waals surface area (Å²) in [7, 11) is -3.30. The van der Waals surface area contributed by atoms with E-state index in [0.717, 1.165) is 6.26 Å². The van der Waals surface area contributed by atoms with Crippen LogP contribution in [0.15, 0.2) is 29.2 Å². The first kappa shape index (κ1) is 15.5. The van der Waals surface area contributed by atoms with Crippen molar-refractivity contribution < 1.29 is 23.1 Å². The first-order valence-corrected chi connectivity index (χ1v) is 8.35. The molecule has 1 atom stereocenters. The molecular formula is C14H17NO5S. The Hall–Kier alpha value is -1.89. The van der Waals surface area contributed by atoms with Gasteiger partial charge in [0.15, 0.2) is 9.84 Å². The van der Waals surface area contributed by atoms with Crippen molar-refractivity contribution in [3.63, 3.8) is 0 Å². The molecule has 114 valence electrons. The summed E-state index contributed by atoms with van der Waals surface area (Å²) in [4.78, 5) is 25.1. The third-order valence-electron chi connectivity index (χ3n) is 3.81. The number of carbonyl (C=O) groups excluding carboxylic acids is 1. The topological polar surface area (TPSA) is 91.8 Å². The standard InChI is InChI=1S/C14H17NO5S/c1-14(13(17)18)7-8-15(9-14)12(16)10-3-5-11(6-4-10)21(2,19)20/h3-6H,7-9H2,1-2H3,(H,17,18)/t14-/m1/s1. The third-order valence-corrected chi connectivity index (χ3v) is 4.93. The summed E-state index contributed by atoms with van der Waals surface area (Å²) in [5.41, 5.74) is -0.556. The van der Waals surface area contributed by atoms with E-state index in [1.54, 1.807) is 6.92 Å². The number of rotatable bonds is 3. The third kappa shape index (κ3) is 3.07. The van der Waals surface area contributed by atoms with Gasteiger partial charge in [0.2, 0.25) is 0 Å². The summed E-state index contributed by atoms with van der Waals surface area (Å²) < 4.78 is 22.7. The van der Waals surface area contributed by atoms with E-state index in [1.807, 2.05) is 0 Å². The molecule has 1 aromatic rings. The average Bonchev–Trinajstić information content (AvgIpc) is 2.81. The highest BCUT2D eigenvalue weighted by atomic mass is 32.2. The summed E-state index contributed by atoms with van der Waals surface area (Å²) in [6, 6.07) is 5.67. The van der Waals surface area contributed by atoms with Gasteiger partial charge in [0.25, 0.3) is 5.91 Å². The lowest BCUT2D eigenvalue weighted by Gasteiger charge is -2.20. The van der Waals surface area contributed by atoms with Crippen LogP contribution in [-0.4, -0.2) is 49.6 Å². The molecule has 1 heterocycles. The summed E-state index contributed by atoms with van der Waals surface area (Å²) in [6.45, 7) is 2.17. The van der Waals surface area contributed by atoms with E-state index in [9.17, 15) is 18.0 Å². The fraction of sp³-hybridized carbons (Fsp3) is 0.429. The summed E-state index contributed by atoms with van der Waals surface area (Å²) in [6.07, 6.45) is 1.51. The van der Waals surface area contributed by atoms with Crippen LogP contribution in [0.5, 0.6) is 0 Å². The minimum Gasteiger partial charge on any atom is -0.481 e. The van der Waals surface area contributed by atoms with Crippen molar-refractivity contribution >= 4 is 21.7 Å². The molecule has 1 amide bonds. The molecule has 0 radical (unpaired) electrons. The molecule has 0 aliphatic carbocycles. The molecule has 7 heteroatoms. The normalized spacial score (nSPS) is 22.3. The maximum atomic E-state index is 12.3. The molecular weight excluding hydrogens is 294 g/mol. The molecule has 1 aliphatic heterocycles. The SMILES string of the molecule is C[C@@]1(C(=O)O)CCN(C(=O)c2ccc(S(C)(=O)=O)cc2)C1. The minimum atomic E-state index is -3.30. The van der Waals surface area contributed by atoms with Gasteiger partial charge in [-0.05, 0) is 37.6 Å². The Bertz CT molecular complexity index is 680. The van der Waals surface area contributed by atoms with Gasteiger partial charge in [-0.1, -0.05) is 0 Å². The zero-order chi connectivity index (χ0) is 15.8. The zero-order valence-corrected chi connectivity index (χ0v) is 12.7. The Morgan fingerprint density at radius 3 is 2.24 bits per heavy atom. The monoisotopic (exact) mass is 311 g/mol. The first-order chi connectivity index (χ1) is 9.63. The number of nitrogens with zero attached hydrogens (tertiary/aromatic N) is 1. The van der Waals surface area contributed by atoms with Crippen LogP contribution in [0.2, 0.25) is 0 Å². The number of carbonyl (C=O) groups is 2. The van der Waals surface area contributed by atoms with Crippen molar-refractivity contribution in [3.05, 3.63) is 29.8 Å². The van der Waals surface area contributed by atoms with Crippen molar-refractivity contribution in [2.45, 2.75) is 18.2 Å². The number of hydrogen-bond acceptors (Lipinski definition) is 4. The molecule has 1 fully saturated rings. The fourth-order valence-electron chi connectivity index (χ4n) is 2.34. The number of likely N-dealkylation sites (tertiary alicyclic amines) is 1. The maximum absolute atomic E-state index is 12.3. The van der Waals surface area contributed by atoms with Crippen molar-refractivity contribution in [2.75, 3.05) is 19.3 Å². The Kier molecular flexibility index (Phi) is 3.79. The average molecular weight is 311 g/mol. The number of sulfone groups is 1. The molecule has 1 N–H and O–H groups in total. The largest absolute Gasteiger partial charge is 0.481 e. The lowest BCUT2D eigenvalue weighted by atomic mass is 9.90. The second-order valence-electron chi connectivity index (χ2n) is 5.64. The first-order valence-electron chi connectivity index (χ1n) is 6.46. The minimum absolute atomic E-state index is 0.149. The van der Waals surface area contributed by atoms with Crippen LogP contribution in [0.3, 0.4) is 0 Å². The van der Waals surface area contributed by atoms with Gasteiger partial charge in [-0.15, -0.1) is 0 Å². The fourth-order valence-corrected chi connectivity index (χ4v) is 2.97. The Morgan fingerprint density at radius 1 is 1.24 bits per heavy atom. The quantitative estimate of drug-likeness (QED) is 0.900. The van der Waals surface area contributed by atoms with Crippen LogP contribution in [0.4, 0.5) is 0 Å². The highest BCUT2D eigenvalue weighted by molar-refractivity contribution is 7.90. The lowest BCUT2D eigenvalue weighted by molar-refractivity contribution is -0.147. The zero-order valence-electron chi connectivity index (χ0n) is 11.9. The van der Waals surface area contributed by atoms with Crippen molar-refractivity contribution in [2.24, 2.45) is 5.41 Å². The predicted octanol–water partition coefficient (Wildman–Crippen LogP) is 1.03. The number of benzene rings is 1. The Morgan fingerprint density at radius 2 is 1.81 bits per heavy atom. The van der Waals surface area contributed by atoms with E-state index < -0.39 is 21.2 Å². The van der Waals surface area contributed by atoms with Gasteiger partial charge in [0.05, 0.1) is 10.3 Å². The molecule has 0 bridgehead atoms. The molecule has 6 nitrogen and oxygen atoms in total. The Labute approximate surface area is 123 Å². The van der Waals surface area contributed by atoms with Gasteiger partial charge in [-0.3, -0.25) is 9.59 Å². The highest BCUT2D eigenvalue weighted by Crippen LogP contribution is 2.31. The van der Waals surface area contributed by atoms with E-state index in [4.69, 9.17) is 5.11 Å². The molecule has 2 rings (SSSR count). The van der Waals surface area contributed by atoms with Crippen LogP contribution in [0, 0.1) is 5.41 Å². The van der Waals surface area contributed by atoms with Crippen molar-refractivity contribution in [1.82, 2.24) is 4.90 Å².